The molecule has 7 heteroatoms. The van der Waals surface area contributed by atoms with Gasteiger partial charge in [-0.25, -0.2) is 18.2 Å². The van der Waals surface area contributed by atoms with Crippen LogP contribution in [0.15, 0.2) is 36.5 Å². The summed E-state index contributed by atoms with van der Waals surface area (Å²) in [6.07, 6.45) is 2.05. The number of halogens is 4. The molecule has 1 aromatic heterocycles. The molecule has 3 nitrogen and oxygen atoms in total. The molecular weight excluding hydrogens is 351 g/mol. The van der Waals surface area contributed by atoms with Crippen LogP contribution in [0.5, 0.6) is 0 Å². The number of hydrogen-bond acceptors (Lipinski definition) is 3. The highest BCUT2D eigenvalue weighted by Crippen LogP contribution is 2.38. The molecule has 0 atom stereocenters. The highest BCUT2D eigenvalue weighted by Gasteiger charge is 2.21. The zero-order chi connectivity index (χ0) is 18.0. The molecule has 0 amide bonds. The second-order valence-electron chi connectivity index (χ2n) is 5.48. The van der Waals surface area contributed by atoms with Crippen LogP contribution >= 0.6 is 11.6 Å². The van der Waals surface area contributed by atoms with E-state index in [2.05, 4.69) is 10.3 Å². The van der Waals surface area contributed by atoms with Crippen molar-refractivity contribution in [2.24, 2.45) is 5.73 Å². The summed E-state index contributed by atoms with van der Waals surface area (Å²) in [4.78, 5) is 4.24. The molecule has 0 fully saturated rings. The molecular formula is C18H15ClF3N3. The van der Waals surface area contributed by atoms with Crippen molar-refractivity contribution < 1.29 is 13.2 Å². The topological polar surface area (TPSA) is 50.9 Å². The van der Waals surface area contributed by atoms with Gasteiger partial charge in [-0.15, -0.1) is 0 Å². The van der Waals surface area contributed by atoms with Crippen LogP contribution in [0.1, 0.15) is 6.42 Å². The largest absolute Gasteiger partial charge is 0.370 e. The van der Waals surface area contributed by atoms with Gasteiger partial charge in [0.05, 0.1) is 0 Å². The first-order valence-electron chi connectivity index (χ1n) is 7.69. The van der Waals surface area contributed by atoms with Gasteiger partial charge in [-0.3, -0.25) is 0 Å². The van der Waals surface area contributed by atoms with E-state index in [0.29, 0.717) is 35.7 Å². The molecule has 3 N–H and O–H groups in total. The molecule has 1 heterocycles. The predicted molar refractivity (Wildman–Crippen MR) is 94.2 cm³/mol. The van der Waals surface area contributed by atoms with Crippen molar-refractivity contribution in [3.8, 4) is 11.1 Å². The van der Waals surface area contributed by atoms with Crippen molar-refractivity contribution in [2.75, 3.05) is 18.4 Å². The average molecular weight is 366 g/mol. The molecule has 130 valence electrons. The van der Waals surface area contributed by atoms with Crippen LogP contribution in [0.4, 0.5) is 19.0 Å². The minimum atomic E-state index is -1.53. The van der Waals surface area contributed by atoms with Gasteiger partial charge in [0.1, 0.15) is 5.82 Å². The Kier molecular flexibility index (Phi) is 5.11. The van der Waals surface area contributed by atoms with Gasteiger partial charge in [0.2, 0.25) is 0 Å². The maximum atomic E-state index is 14.6. The molecule has 0 radical (unpaired) electrons. The monoisotopic (exact) mass is 365 g/mol. The Balaban J connectivity index is 2.28. The first-order chi connectivity index (χ1) is 12.0. The third-order valence-electron chi connectivity index (χ3n) is 3.85. The molecule has 0 aliphatic heterocycles. The Morgan fingerprint density at radius 3 is 2.56 bits per heavy atom. The van der Waals surface area contributed by atoms with E-state index >= 15 is 0 Å². The number of aromatic nitrogens is 1. The van der Waals surface area contributed by atoms with Crippen molar-refractivity contribution >= 4 is 28.2 Å². The van der Waals surface area contributed by atoms with Crippen molar-refractivity contribution in [2.45, 2.75) is 6.42 Å². The zero-order valence-electron chi connectivity index (χ0n) is 13.1. The maximum absolute atomic E-state index is 14.6. The zero-order valence-corrected chi connectivity index (χ0v) is 13.9. The number of nitrogens with one attached hydrogen (secondary N) is 1. The number of fused-ring (bicyclic) bond motifs is 1. The summed E-state index contributed by atoms with van der Waals surface area (Å²) in [5, 5.41) is 3.41. The minimum Gasteiger partial charge on any atom is -0.370 e. The molecule has 3 aromatic rings. The van der Waals surface area contributed by atoms with E-state index < -0.39 is 17.5 Å². The van der Waals surface area contributed by atoms with Gasteiger partial charge in [-0.05, 0) is 25.1 Å². The molecule has 3 rings (SSSR count). The van der Waals surface area contributed by atoms with Crippen LogP contribution in [0.3, 0.4) is 0 Å². The van der Waals surface area contributed by atoms with Crippen LogP contribution in [0.2, 0.25) is 5.02 Å². The number of nitrogens with two attached hydrogens (primary N) is 1. The Hall–Kier alpha value is -2.31. The van der Waals surface area contributed by atoms with Crippen molar-refractivity contribution in [1.82, 2.24) is 4.98 Å². The van der Waals surface area contributed by atoms with Gasteiger partial charge < -0.3 is 11.1 Å². The maximum Gasteiger partial charge on any atom is 0.195 e. The van der Waals surface area contributed by atoms with Gasteiger partial charge in [-0.2, -0.15) is 0 Å². The molecule has 0 aliphatic carbocycles. The third-order valence-corrected chi connectivity index (χ3v) is 4.18. The molecule has 0 aliphatic rings. The fraction of sp³-hybridized carbons (Fsp3) is 0.167. The Labute approximate surface area is 147 Å². The van der Waals surface area contributed by atoms with E-state index in [9.17, 15) is 13.2 Å². The lowest BCUT2D eigenvalue weighted by molar-refractivity contribution is 0.453. The Bertz CT molecular complexity index is 931. The normalized spacial score (nSPS) is 11.1. The van der Waals surface area contributed by atoms with E-state index in [4.69, 9.17) is 17.3 Å². The molecule has 0 spiro atoms. The summed E-state index contributed by atoms with van der Waals surface area (Å²) in [5.41, 5.74) is 6.22. The van der Waals surface area contributed by atoms with E-state index in [1.165, 1.54) is 6.20 Å². The summed E-state index contributed by atoms with van der Waals surface area (Å²) < 4.78 is 42.2. The lowest BCUT2D eigenvalue weighted by Gasteiger charge is -2.14. The summed E-state index contributed by atoms with van der Waals surface area (Å²) in [7, 11) is 0. The second kappa shape index (κ2) is 7.29. The number of pyridine rings is 1. The standard InChI is InChI=1S/C18H15ClF3N3/c19-13-5-2-1-4-10(13)12-9-25-18(24-7-3-6-23)11-8-14(20)16(21)17(22)15(11)12/h1-2,4-5,8-9H,3,6-7,23H2,(H,24,25). The highest BCUT2D eigenvalue weighted by molar-refractivity contribution is 6.33. The third kappa shape index (κ3) is 3.27. The Morgan fingerprint density at radius 1 is 1.08 bits per heavy atom. The smallest absolute Gasteiger partial charge is 0.195 e. The minimum absolute atomic E-state index is 0.0720. The van der Waals surface area contributed by atoms with Crippen LogP contribution in [-0.4, -0.2) is 18.1 Å². The number of benzene rings is 2. The molecule has 0 unspecified atom stereocenters. The molecule has 0 bridgehead atoms. The second-order valence-corrected chi connectivity index (χ2v) is 5.89. The van der Waals surface area contributed by atoms with Crippen LogP contribution in [0.25, 0.3) is 21.9 Å². The van der Waals surface area contributed by atoms with Crippen LogP contribution in [0, 0.1) is 17.5 Å². The van der Waals surface area contributed by atoms with E-state index in [0.717, 1.165) is 6.07 Å². The summed E-state index contributed by atoms with van der Waals surface area (Å²) in [5.74, 6) is -3.81. The SMILES string of the molecule is NCCCNc1ncc(-c2ccccc2Cl)c2c(F)c(F)c(F)cc12. The predicted octanol–water partition coefficient (Wildman–Crippen LogP) is 4.73. The van der Waals surface area contributed by atoms with Crippen LogP contribution in [-0.2, 0) is 0 Å². The lowest BCUT2D eigenvalue weighted by atomic mass is 9.99. The first-order valence-corrected chi connectivity index (χ1v) is 8.07. The van der Waals surface area contributed by atoms with E-state index in [1.54, 1.807) is 24.3 Å². The Morgan fingerprint density at radius 2 is 1.84 bits per heavy atom. The van der Waals surface area contributed by atoms with Crippen molar-refractivity contribution in [1.29, 1.82) is 0 Å². The van der Waals surface area contributed by atoms with Crippen molar-refractivity contribution in [3.63, 3.8) is 0 Å². The van der Waals surface area contributed by atoms with E-state index in [1.807, 2.05) is 0 Å². The number of nitrogens with zero attached hydrogens (tertiary/aromatic N) is 1. The quantitative estimate of drug-likeness (QED) is 0.507. The van der Waals surface area contributed by atoms with Gasteiger partial charge >= 0.3 is 0 Å². The van der Waals surface area contributed by atoms with Crippen LogP contribution < -0.4 is 11.1 Å². The average Bonchev–Trinajstić information content (AvgIpc) is 2.61. The van der Waals surface area contributed by atoms with Gasteiger partial charge in [0.25, 0.3) is 0 Å². The van der Waals surface area contributed by atoms with Gasteiger partial charge in [0.15, 0.2) is 17.5 Å². The number of hydrogen-bond donors (Lipinski definition) is 2. The van der Waals surface area contributed by atoms with E-state index in [-0.39, 0.29) is 16.6 Å². The van der Waals surface area contributed by atoms with Crippen molar-refractivity contribution in [3.05, 3.63) is 59.0 Å². The fourth-order valence-corrected chi connectivity index (χ4v) is 2.88. The molecule has 0 saturated heterocycles. The first kappa shape index (κ1) is 17.5. The fourth-order valence-electron chi connectivity index (χ4n) is 2.64. The lowest BCUT2D eigenvalue weighted by Crippen LogP contribution is -2.10. The molecule has 25 heavy (non-hydrogen) atoms. The van der Waals surface area contributed by atoms with Gasteiger partial charge in [-0.1, -0.05) is 29.8 Å². The highest BCUT2D eigenvalue weighted by atomic mass is 35.5. The summed E-state index contributed by atoms with van der Waals surface area (Å²) in [6, 6.07) is 7.68. The molecule has 2 aromatic carbocycles. The molecule has 0 saturated carbocycles. The summed E-state index contributed by atoms with van der Waals surface area (Å²) >= 11 is 6.18. The number of anilines is 1. The summed E-state index contributed by atoms with van der Waals surface area (Å²) in [6.45, 7) is 0.935. The number of rotatable bonds is 5. The van der Waals surface area contributed by atoms with Gasteiger partial charge in [0, 0.05) is 39.7 Å².